The van der Waals surface area contributed by atoms with E-state index >= 15 is 0 Å². The number of hydroxylamine groups is 3. The van der Waals surface area contributed by atoms with E-state index in [1.54, 1.807) is 14.1 Å². The number of nitrogens with zero attached hydrogens (tertiary/aromatic N) is 1. The van der Waals surface area contributed by atoms with Gasteiger partial charge in [-0.3, -0.25) is 0 Å². The molecule has 2 heteroatoms. The molecule has 0 saturated carbocycles. The summed E-state index contributed by atoms with van der Waals surface area (Å²) in [6.45, 7) is 8.97. The summed E-state index contributed by atoms with van der Waals surface area (Å²) in [5.74, 6) is 0.586. The van der Waals surface area contributed by atoms with E-state index in [4.69, 9.17) is 0 Å². The van der Waals surface area contributed by atoms with Crippen molar-refractivity contribution in [3.05, 3.63) is 24.3 Å². The summed E-state index contributed by atoms with van der Waals surface area (Å²) in [5, 5.41) is 9.51. The summed E-state index contributed by atoms with van der Waals surface area (Å²) in [6.07, 6.45) is 6.11. The monoisotopic (exact) mass is 198 g/mol. The van der Waals surface area contributed by atoms with Crippen LogP contribution in [0, 0.1) is 5.92 Å². The number of allylic oxidation sites excluding steroid dienone is 3. The van der Waals surface area contributed by atoms with Gasteiger partial charge in [0.2, 0.25) is 0 Å². The first-order valence-corrected chi connectivity index (χ1v) is 5.21. The third kappa shape index (κ3) is 8.02. The van der Waals surface area contributed by atoms with Crippen molar-refractivity contribution >= 4 is 0 Å². The maximum atomic E-state index is 9.51. The SMILES string of the molecule is C=C(/C=C\C)C[C@@H](C)CC[N+](C)(C)O. The van der Waals surface area contributed by atoms with Gasteiger partial charge in [0, 0.05) is 6.42 Å². The molecule has 1 atom stereocenters. The highest BCUT2D eigenvalue weighted by atomic mass is 16.5. The van der Waals surface area contributed by atoms with Crippen molar-refractivity contribution in [1.29, 1.82) is 0 Å². The zero-order chi connectivity index (χ0) is 11.2. The lowest BCUT2D eigenvalue weighted by atomic mass is 9.98. The summed E-state index contributed by atoms with van der Waals surface area (Å²) in [6, 6.07) is 0. The first-order chi connectivity index (χ1) is 6.35. The zero-order valence-electron chi connectivity index (χ0n) is 9.95. The van der Waals surface area contributed by atoms with Gasteiger partial charge in [-0.2, -0.15) is 4.65 Å². The molecule has 0 rings (SSSR count). The van der Waals surface area contributed by atoms with Gasteiger partial charge in [-0.1, -0.05) is 31.2 Å². The summed E-state index contributed by atoms with van der Waals surface area (Å²) in [5.41, 5.74) is 1.17. The molecule has 14 heavy (non-hydrogen) atoms. The van der Waals surface area contributed by atoms with Gasteiger partial charge in [-0.15, -0.1) is 0 Å². The second kappa shape index (κ2) is 5.99. The van der Waals surface area contributed by atoms with Gasteiger partial charge >= 0.3 is 0 Å². The van der Waals surface area contributed by atoms with Crippen LogP contribution < -0.4 is 0 Å². The second-order valence-corrected chi connectivity index (χ2v) is 4.60. The molecule has 0 aromatic carbocycles. The van der Waals surface area contributed by atoms with E-state index in [1.165, 1.54) is 5.57 Å². The van der Waals surface area contributed by atoms with Crippen LogP contribution in [0.15, 0.2) is 24.3 Å². The number of hydrogen-bond acceptors (Lipinski definition) is 1. The minimum absolute atomic E-state index is 0.0560. The minimum Gasteiger partial charge on any atom is -0.217 e. The van der Waals surface area contributed by atoms with Crippen LogP contribution in [0.25, 0.3) is 0 Å². The summed E-state index contributed by atoms with van der Waals surface area (Å²) >= 11 is 0. The fraction of sp³-hybridized carbons (Fsp3) is 0.667. The van der Waals surface area contributed by atoms with Crippen LogP contribution in [0.2, 0.25) is 0 Å². The van der Waals surface area contributed by atoms with Crippen LogP contribution >= 0.6 is 0 Å². The highest BCUT2D eigenvalue weighted by molar-refractivity contribution is 5.13. The Morgan fingerprint density at radius 3 is 2.50 bits per heavy atom. The van der Waals surface area contributed by atoms with Crippen LogP contribution in [0.3, 0.4) is 0 Å². The Morgan fingerprint density at radius 2 is 2.07 bits per heavy atom. The Morgan fingerprint density at radius 1 is 1.50 bits per heavy atom. The topological polar surface area (TPSA) is 20.2 Å². The van der Waals surface area contributed by atoms with Gasteiger partial charge < -0.3 is 0 Å². The average molecular weight is 198 g/mol. The van der Waals surface area contributed by atoms with Crippen LogP contribution in [-0.4, -0.2) is 30.5 Å². The average Bonchev–Trinajstić information content (AvgIpc) is 2.00. The smallest absolute Gasteiger partial charge is 0.108 e. The van der Waals surface area contributed by atoms with Crippen molar-refractivity contribution in [2.45, 2.75) is 26.7 Å². The van der Waals surface area contributed by atoms with E-state index in [0.29, 0.717) is 5.92 Å². The van der Waals surface area contributed by atoms with Gasteiger partial charge in [0.25, 0.3) is 0 Å². The highest BCUT2D eigenvalue weighted by Gasteiger charge is 2.13. The third-order valence-electron chi connectivity index (χ3n) is 2.18. The molecule has 0 aliphatic heterocycles. The summed E-state index contributed by atoms with van der Waals surface area (Å²) in [7, 11) is 3.60. The van der Waals surface area contributed by atoms with E-state index < -0.39 is 0 Å². The van der Waals surface area contributed by atoms with Crippen molar-refractivity contribution in [1.82, 2.24) is 0 Å². The lowest BCUT2D eigenvalue weighted by Gasteiger charge is -2.21. The molecule has 2 nitrogen and oxygen atoms in total. The largest absolute Gasteiger partial charge is 0.217 e. The minimum atomic E-state index is 0.0560. The van der Waals surface area contributed by atoms with E-state index in [9.17, 15) is 5.21 Å². The van der Waals surface area contributed by atoms with Gasteiger partial charge in [0.05, 0.1) is 14.1 Å². The third-order valence-corrected chi connectivity index (χ3v) is 2.18. The quantitative estimate of drug-likeness (QED) is 0.395. The van der Waals surface area contributed by atoms with Gasteiger partial charge in [0.1, 0.15) is 6.54 Å². The predicted molar refractivity (Wildman–Crippen MR) is 61.1 cm³/mol. The van der Waals surface area contributed by atoms with Crippen LogP contribution in [0.5, 0.6) is 0 Å². The molecule has 0 unspecified atom stereocenters. The molecule has 0 aliphatic rings. The van der Waals surface area contributed by atoms with Crippen LogP contribution in [-0.2, 0) is 0 Å². The normalized spacial score (nSPS) is 14.6. The molecule has 1 N–H and O–H groups in total. The van der Waals surface area contributed by atoms with Crippen molar-refractivity contribution in [3.63, 3.8) is 0 Å². The Kier molecular flexibility index (Phi) is 5.73. The van der Waals surface area contributed by atoms with E-state index in [-0.39, 0.29) is 4.65 Å². The Bertz CT molecular complexity index is 201. The fourth-order valence-corrected chi connectivity index (χ4v) is 1.39. The number of quaternary nitrogens is 1. The maximum absolute atomic E-state index is 9.51. The van der Waals surface area contributed by atoms with Crippen molar-refractivity contribution < 1.29 is 9.85 Å². The molecule has 0 bridgehead atoms. The Hall–Kier alpha value is -0.600. The first-order valence-electron chi connectivity index (χ1n) is 5.21. The first kappa shape index (κ1) is 13.4. The fourth-order valence-electron chi connectivity index (χ4n) is 1.39. The summed E-state index contributed by atoms with van der Waals surface area (Å²) in [4.78, 5) is 0. The zero-order valence-corrected chi connectivity index (χ0v) is 9.95. The van der Waals surface area contributed by atoms with Crippen LogP contribution in [0.4, 0.5) is 0 Å². The molecule has 0 aromatic heterocycles. The molecule has 0 aromatic rings. The van der Waals surface area contributed by atoms with Crippen molar-refractivity contribution in [3.8, 4) is 0 Å². The molecular weight excluding hydrogens is 174 g/mol. The molecule has 0 aliphatic carbocycles. The molecular formula is C12H24NO+. The molecule has 0 spiro atoms. The lowest BCUT2D eigenvalue weighted by Crippen LogP contribution is -2.36. The maximum Gasteiger partial charge on any atom is 0.108 e. The highest BCUT2D eigenvalue weighted by Crippen LogP contribution is 2.15. The summed E-state index contributed by atoms with van der Waals surface area (Å²) < 4.78 is 0.0560. The molecule has 0 fully saturated rings. The van der Waals surface area contributed by atoms with Gasteiger partial charge in [0.15, 0.2) is 0 Å². The van der Waals surface area contributed by atoms with Gasteiger partial charge in [-0.05, 0) is 19.3 Å². The Labute approximate surface area is 88.1 Å². The number of rotatable bonds is 6. The molecule has 82 valence electrons. The Balaban J connectivity index is 3.76. The number of hydrogen-bond donors (Lipinski definition) is 1. The van der Waals surface area contributed by atoms with Crippen molar-refractivity contribution in [2.75, 3.05) is 20.6 Å². The molecule has 0 amide bonds. The molecule has 0 heterocycles. The van der Waals surface area contributed by atoms with E-state index in [0.717, 1.165) is 19.4 Å². The van der Waals surface area contributed by atoms with Gasteiger partial charge in [-0.25, -0.2) is 5.21 Å². The molecule has 0 radical (unpaired) electrons. The molecule has 0 saturated heterocycles. The lowest BCUT2D eigenvalue weighted by molar-refractivity contribution is -1.07. The second-order valence-electron chi connectivity index (χ2n) is 4.60. The standard InChI is InChI=1S/C12H24NO/c1-6-7-11(2)10-12(3)8-9-13(4,5)14/h6-7,12,14H,2,8-10H2,1,3-5H3/q+1/b7-6-/t12-/m0/s1. The van der Waals surface area contributed by atoms with Crippen LogP contribution in [0.1, 0.15) is 26.7 Å². The van der Waals surface area contributed by atoms with Crippen molar-refractivity contribution in [2.24, 2.45) is 5.92 Å². The van der Waals surface area contributed by atoms with E-state index in [1.807, 2.05) is 13.0 Å². The predicted octanol–water partition coefficient (Wildman–Crippen LogP) is 3.00. The van der Waals surface area contributed by atoms with E-state index in [2.05, 4.69) is 19.6 Å².